The Morgan fingerprint density at radius 3 is 2.62 bits per heavy atom. The fraction of sp³-hybridized carbons (Fsp3) is 0.350. The Balaban J connectivity index is 1.45. The fourth-order valence-electron chi connectivity index (χ4n) is 2.81. The molecule has 0 saturated carbocycles. The summed E-state index contributed by atoms with van der Waals surface area (Å²) in [6.07, 6.45) is 0. The summed E-state index contributed by atoms with van der Waals surface area (Å²) in [4.78, 5) is 14.2. The molecule has 0 saturated heterocycles. The lowest BCUT2D eigenvalue weighted by atomic mass is 10.1. The monoisotopic (exact) mass is 355 g/mol. The van der Waals surface area contributed by atoms with Crippen molar-refractivity contribution in [2.24, 2.45) is 0 Å². The molecule has 1 aliphatic heterocycles. The lowest BCUT2D eigenvalue weighted by molar-refractivity contribution is 0.171. The first kappa shape index (κ1) is 17.9. The number of nitrogens with one attached hydrogen (secondary N) is 2. The molecule has 138 valence electrons. The summed E-state index contributed by atoms with van der Waals surface area (Å²) in [7, 11) is 2.01. The summed E-state index contributed by atoms with van der Waals surface area (Å²) in [6, 6.07) is 15.5. The number of hydrogen-bond donors (Lipinski definition) is 2. The van der Waals surface area contributed by atoms with E-state index in [0.29, 0.717) is 19.8 Å². The van der Waals surface area contributed by atoms with Gasteiger partial charge < -0.3 is 25.0 Å². The van der Waals surface area contributed by atoms with E-state index in [1.807, 2.05) is 62.5 Å². The molecule has 1 aliphatic rings. The molecular formula is C20H25N3O3. The van der Waals surface area contributed by atoms with Crippen LogP contribution < -0.4 is 25.0 Å². The Bertz CT molecular complexity index is 736. The van der Waals surface area contributed by atoms with Gasteiger partial charge in [-0.05, 0) is 36.8 Å². The minimum Gasteiger partial charge on any atom is -0.486 e. The molecule has 2 N–H and O–H groups in total. The van der Waals surface area contributed by atoms with E-state index in [9.17, 15) is 4.79 Å². The predicted octanol–water partition coefficient (Wildman–Crippen LogP) is 2.95. The summed E-state index contributed by atoms with van der Waals surface area (Å²) in [6.45, 7) is 4.36. The summed E-state index contributed by atoms with van der Waals surface area (Å²) in [5.74, 6) is 1.48. The summed E-state index contributed by atoms with van der Waals surface area (Å²) in [5, 5.41) is 5.85. The van der Waals surface area contributed by atoms with Gasteiger partial charge in [-0.1, -0.05) is 24.3 Å². The number of benzene rings is 2. The summed E-state index contributed by atoms with van der Waals surface area (Å²) < 4.78 is 11.1. The smallest absolute Gasteiger partial charge is 0.315 e. The summed E-state index contributed by atoms with van der Waals surface area (Å²) in [5.41, 5.74) is 2.10. The molecule has 0 radical (unpaired) electrons. The van der Waals surface area contributed by atoms with Crippen molar-refractivity contribution in [3.05, 3.63) is 54.1 Å². The number of hydrogen-bond acceptors (Lipinski definition) is 4. The molecule has 1 unspecified atom stereocenters. The minimum absolute atomic E-state index is 0.127. The highest BCUT2D eigenvalue weighted by Gasteiger charge is 2.15. The Morgan fingerprint density at radius 2 is 1.85 bits per heavy atom. The molecule has 26 heavy (non-hydrogen) atoms. The second-order valence-electron chi connectivity index (χ2n) is 6.28. The number of para-hydroxylation sites is 1. The maximum atomic E-state index is 12.1. The highest BCUT2D eigenvalue weighted by molar-refractivity contribution is 5.74. The van der Waals surface area contributed by atoms with Crippen LogP contribution in [0.15, 0.2) is 48.5 Å². The lowest BCUT2D eigenvalue weighted by Crippen LogP contribution is -2.40. The third kappa shape index (κ3) is 4.59. The molecule has 1 heterocycles. The zero-order valence-corrected chi connectivity index (χ0v) is 15.2. The molecule has 0 spiro atoms. The second kappa shape index (κ2) is 8.47. The molecular weight excluding hydrogens is 330 g/mol. The van der Waals surface area contributed by atoms with Gasteiger partial charge >= 0.3 is 6.03 Å². The maximum Gasteiger partial charge on any atom is 0.315 e. The first-order chi connectivity index (χ1) is 12.6. The normalized spacial score (nSPS) is 13.6. The van der Waals surface area contributed by atoms with Crippen molar-refractivity contribution in [1.82, 2.24) is 10.6 Å². The first-order valence-electron chi connectivity index (χ1n) is 8.83. The zero-order chi connectivity index (χ0) is 18.4. The fourth-order valence-corrected chi connectivity index (χ4v) is 2.81. The zero-order valence-electron chi connectivity index (χ0n) is 15.2. The van der Waals surface area contributed by atoms with Crippen LogP contribution in [-0.2, 0) is 0 Å². The van der Waals surface area contributed by atoms with Crippen LogP contribution in [0.5, 0.6) is 11.5 Å². The standard InChI is InChI=1S/C20H25N3O3/c1-15(16-8-9-18-19(14-16)26-13-12-25-18)22-20(24)21-10-11-23(2)17-6-4-3-5-7-17/h3-9,14-15H,10-13H2,1-2H3,(H2,21,22,24). The molecule has 0 aliphatic carbocycles. The van der Waals surface area contributed by atoms with Crippen molar-refractivity contribution < 1.29 is 14.3 Å². The lowest BCUT2D eigenvalue weighted by Gasteiger charge is -2.22. The number of ether oxygens (including phenoxy) is 2. The summed E-state index contributed by atoms with van der Waals surface area (Å²) >= 11 is 0. The van der Waals surface area contributed by atoms with Crippen molar-refractivity contribution in [2.45, 2.75) is 13.0 Å². The van der Waals surface area contributed by atoms with E-state index in [4.69, 9.17) is 9.47 Å². The Kier molecular flexibility index (Phi) is 5.84. The number of likely N-dealkylation sites (N-methyl/N-ethyl adjacent to an activating group) is 1. The van der Waals surface area contributed by atoms with Crippen LogP contribution in [0.25, 0.3) is 0 Å². The van der Waals surface area contributed by atoms with Crippen LogP contribution in [0.2, 0.25) is 0 Å². The van der Waals surface area contributed by atoms with Gasteiger partial charge in [0.25, 0.3) is 0 Å². The van der Waals surface area contributed by atoms with Gasteiger partial charge in [0.15, 0.2) is 11.5 Å². The van der Waals surface area contributed by atoms with Gasteiger partial charge in [0, 0.05) is 25.8 Å². The van der Waals surface area contributed by atoms with E-state index in [2.05, 4.69) is 15.5 Å². The molecule has 6 nitrogen and oxygen atoms in total. The highest BCUT2D eigenvalue weighted by atomic mass is 16.6. The molecule has 2 amide bonds. The van der Waals surface area contributed by atoms with Crippen molar-refractivity contribution in [3.8, 4) is 11.5 Å². The van der Waals surface area contributed by atoms with Crippen molar-refractivity contribution in [2.75, 3.05) is 38.3 Å². The molecule has 0 bridgehead atoms. The van der Waals surface area contributed by atoms with Crippen LogP contribution in [0, 0.1) is 0 Å². The van der Waals surface area contributed by atoms with E-state index in [1.54, 1.807) is 0 Å². The minimum atomic E-state index is -0.186. The molecule has 1 atom stereocenters. The average molecular weight is 355 g/mol. The number of carbonyl (C=O) groups is 1. The predicted molar refractivity (Wildman–Crippen MR) is 102 cm³/mol. The van der Waals surface area contributed by atoms with Crippen LogP contribution in [0.4, 0.5) is 10.5 Å². The third-order valence-electron chi connectivity index (χ3n) is 4.34. The van der Waals surface area contributed by atoms with Gasteiger partial charge in [-0.2, -0.15) is 0 Å². The van der Waals surface area contributed by atoms with E-state index < -0.39 is 0 Å². The topological polar surface area (TPSA) is 62.8 Å². The van der Waals surface area contributed by atoms with Crippen LogP contribution in [-0.4, -0.2) is 39.4 Å². The molecule has 2 aromatic carbocycles. The van der Waals surface area contributed by atoms with E-state index in [-0.39, 0.29) is 12.1 Å². The molecule has 0 fully saturated rings. The van der Waals surface area contributed by atoms with Crippen molar-refractivity contribution in [3.63, 3.8) is 0 Å². The van der Waals surface area contributed by atoms with Gasteiger partial charge in [0.1, 0.15) is 13.2 Å². The Morgan fingerprint density at radius 1 is 1.12 bits per heavy atom. The number of carbonyl (C=O) groups excluding carboxylic acids is 1. The number of rotatable bonds is 6. The second-order valence-corrected chi connectivity index (χ2v) is 6.28. The van der Waals surface area contributed by atoms with Gasteiger partial charge in [-0.25, -0.2) is 4.79 Å². The van der Waals surface area contributed by atoms with Crippen LogP contribution in [0.3, 0.4) is 0 Å². The molecule has 0 aromatic heterocycles. The quantitative estimate of drug-likeness (QED) is 0.836. The van der Waals surface area contributed by atoms with Crippen molar-refractivity contribution >= 4 is 11.7 Å². The van der Waals surface area contributed by atoms with Gasteiger partial charge in [0.2, 0.25) is 0 Å². The highest BCUT2D eigenvalue weighted by Crippen LogP contribution is 2.32. The number of fused-ring (bicyclic) bond motifs is 1. The molecule has 3 rings (SSSR count). The van der Waals surface area contributed by atoms with Gasteiger partial charge in [0.05, 0.1) is 6.04 Å². The van der Waals surface area contributed by atoms with Gasteiger partial charge in [-0.3, -0.25) is 0 Å². The average Bonchev–Trinajstić information content (AvgIpc) is 2.68. The SMILES string of the molecule is CC(NC(=O)NCCN(C)c1ccccc1)c1ccc2c(c1)OCCO2. The molecule has 2 aromatic rings. The number of nitrogens with zero attached hydrogens (tertiary/aromatic N) is 1. The largest absolute Gasteiger partial charge is 0.486 e. The van der Waals surface area contributed by atoms with Crippen LogP contribution >= 0.6 is 0 Å². The number of urea groups is 1. The van der Waals surface area contributed by atoms with Gasteiger partial charge in [-0.15, -0.1) is 0 Å². The first-order valence-corrected chi connectivity index (χ1v) is 8.83. The third-order valence-corrected chi connectivity index (χ3v) is 4.34. The van der Waals surface area contributed by atoms with Crippen LogP contribution in [0.1, 0.15) is 18.5 Å². The Hall–Kier alpha value is -2.89. The number of anilines is 1. The molecule has 6 heteroatoms. The van der Waals surface area contributed by atoms with E-state index in [0.717, 1.165) is 29.3 Å². The Labute approximate surface area is 154 Å². The maximum absolute atomic E-state index is 12.1. The van der Waals surface area contributed by atoms with E-state index in [1.165, 1.54) is 0 Å². The van der Waals surface area contributed by atoms with E-state index >= 15 is 0 Å². The number of amides is 2. The van der Waals surface area contributed by atoms with Crippen molar-refractivity contribution in [1.29, 1.82) is 0 Å².